The molecule has 126 valence electrons. The van der Waals surface area contributed by atoms with Crippen LogP contribution in [-0.4, -0.2) is 18.1 Å². The average molecular weight is 333 g/mol. The number of hydrogen-bond donors (Lipinski definition) is 0. The third-order valence-corrected chi connectivity index (χ3v) is 3.93. The Labute approximate surface area is 146 Å². The Morgan fingerprint density at radius 1 is 1.16 bits per heavy atom. The molecule has 3 aromatic rings. The molecule has 0 atom stereocenters. The van der Waals surface area contributed by atoms with E-state index < -0.39 is 5.97 Å². The van der Waals surface area contributed by atoms with Crippen LogP contribution in [0.15, 0.2) is 55.1 Å². The lowest BCUT2D eigenvalue weighted by atomic mass is 10.1. The second kappa shape index (κ2) is 7.18. The highest BCUT2D eigenvalue weighted by Crippen LogP contribution is 2.27. The number of pyridine rings is 1. The Morgan fingerprint density at radius 2 is 1.92 bits per heavy atom. The molecule has 4 heteroatoms. The van der Waals surface area contributed by atoms with Crippen molar-refractivity contribution in [3.63, 3.8) is 0 Å². The molecular formula is C21H19NO3. The van der Waals surface area contributed by atoms with Crippen molar-refractivity contribution < 1.29 is 14.3 Å². The van der Waals surface area contributed by atoms with E-state index in [0.29, 0.717) is 17.9 Å². The zero-order chi connectivity index (χ0) is 17.8. The van der Waals surface area contributed by atoms with Crippen LogP contribution < -0.4 is 4.74 Å². The summed E-state index contributed by atoms with van der Waals surface area (Å²) >= 11 is 0. The van der Waals surface area contributed by atoms with E-state index in [1.807, 2.05) is 49.4 Å². The Morgan fingerprint density at radius 3 is 2.60 bits per heavy atom. The summed E-state index contributed by atoms with van der Waals surface area (Å²) in [5, 5.41) is 0.871. The fourth-order valence-electron chi connectivity index (χ4n) is 2.55. The second-order valence-corrected chi connectivity index (χ2v) is 5.75. The maximum Gasteiger partial charge on any atom is 0.356 e. The number of aromatic nitrogens is 1. The number of fused-ring (bicyclic) bond motifs is 1. The Bertz CT molecular complexity index is 930. The zero-order valence-corrected chi connectivity index (χ0v) is 14.3. The van der Waals surface area contributed by atoms with E-state index in [9.17, 15) is 4.79 Å². The Hall–Kier alpha value is -3.14. The monoisotopic (exact) mass is 333 g/mol. The smallest absolute Gasteiger partial charge is 0.356 e. The molecule has 0 aliphatic heterocycles. The van der Waals surface area contributed by atoms with Gasteiger partial charge in [0.25, 0.3) is 0 Å². The van der Waals surface area contributed by atoms with E-state index in [1.165, 1.54) is 7.11 Å². The topological polar surface area (TPSA) is 48.4 Å². The molecule has 0 saturated heterocycles. The van der Waals surface area contributed by atoms with Crippen LogP contribution in [0.4, 0.5) is 0 Å². The lowest BCUT2D eigenvalue weighted by Gasteiger charge is -2.12. The van der Waals surface area contributed by atoms with Crippen LogP contribution in [-0.2, 0) is 11.3 Å². The van der Waals surface area contributed by atoms with Gasteiger partial charge in [-0.3, -0.25) is 0 Å². The first-order chi connectivity index (χ1) is 12.1. The van der Waals surface area contributed by atoms with Crippen LogP contribution >= 0.6 is 0 Å². The molecule has 1 heterocycles. The highest BCUT2D eigenvalue weighted by Gasteiger charge is 2.13. The number of rotatable bonds is 5. The first kappa shape index (κ1) is 16.7. The van der Waals surface area contributed by atoms with Crippen molar-refractivity contribution in [3.05, 3.63) is 77.5 Å². The molecule has 0 N–H and O–H groups in total. The first-order valence-corrected chi connectivity index (χ1v) is 7.94. The van der Waals surface area contributed by atoms with Gasteiger partial charge >= 0.3 is 5.97 Å². The number of nitrogens with zero attached hydrogens (tertiary/aromatic N) is 1. The van der Waals surface area contributed by atoms with Crippen molar-refractivity contribution in [1.82, 2.24) is 4.98 Å². The van der Waals surface area contributed by atoms with Crippen molar-refractivity contribution >= 4 is 22.9 Å². The largest absolute Gasteiger partial charge is 0.488 e. The van der Waals surface area contributed by atoms with E-state index in [0.717, 1.165) is 22.1 Å². The summed E-state index contributed by atoms with van der Waals surface area (Å²) < 4.78 is 10.8. The van der Waals surface area contributed by atoms with Crippen molar-refractivity contribution in [2.75, 3.05) is 7.11 Å². The number of ether oxygens (including phenoxy) is 2. The molecule has 0 amide bonds. The van der Waals surface area contributed by atoms with Gasteiger partial charge < -0.3 is 9.47 Å². The third kappa shape index (κ3) is 3.69. The summed E-state index contributed by atoms with van der Waals surface area (Å²) in [6.45, 7) is 6.15. The molecule has 25 heavy (non-hydrogen) atoms. The van der Waals surface area contributed by atoms with Gasteiger partial charge in [-0.1, -0.05) is 48.6 Å². The predicted molar refractivity (Wildman–Crippen MR) is 98.7 cm³/mol. The van der Waals surface area contributed by atoms with Gasteiger partial charge in [0.1, 0.15) is 12.4 Å². The first-order valence-electron chi connectivity index (χ1n) is 7.94. The Balaban J connectivity index is 1.95. The maximum atomic E-state index is 11.9. The minimum atomic E-state index is -0.484. The summed E-state index contributed by atoms with van der Waals surface area (Å²) in [6, 6.07) is 15.4. The van der Waals surface area contributed by atoms with Gasteiger partial charge in [-0.25, -0.2) is 9.78 Å². The van der Waals surface area contributed by atoms with Crippen molar-refractivity contribution in [1.29, 1.82) is 0 Å². The van der Waals surface area contributed by atoms with E-state index in [-0.39, 0.29) is 5.69 Å². The van der Waals surface area contributed by atoms with Crippen molar-refractivity contribution in [2.45, 2.75) is 13.5 Å². The van der Waals surface area contributed by atoms with Crippen LogP contribution in [0.3, 0.4) is 0 Å². The lowest BCUT2D eigenvalue weighted by Crippen LogP contribution is -2.06. The minimum absolute atomic E-state index is 0.232. The van der Waals surface area contributed by atoms with Gasteiger partial charge in [0.15, 0.2) is 5.69 Å². The van der Waals surface area contributed by atoms with Gasteiger partial charge in [-0.2, -0.15) is 0 Å². The quantitative estimate of drug-likeness (QED) is 0.643. The SMILES string of the molecule is C=Cc1ccc(COc2cc(C(=O)OC)nc3ccc(C)cc23)cc1. The number of hydrogen-bond acceptors (Lipinski definition) is 4. The molecule has 0 unspecified atom stereocenters. The van der Waals surface area contributed by atoms with Crippen LogP contribution in [0, 0.1) is 6.92 Å². The fraction of sp³-hybridized carbons (Fsp3) is 0.143. The molecule has 0 radical (unpaired) electrons. The summed E-state index contributed by atoms with van der Waals surface area (Å²) in [6.07, 6.45) is 1.80. The molecule has 0 fully saturated rings. The molecule has 0 aliphatic carbocycles. The molecule has 0 aliphatic rings. The number of carbonyl (C=O) groups is 1. The molecule has 0 bridgehead atoms. The fourth-order valence-corrected chi connectivity index (χ4v) is 2.55. The summed E-state index contributed by atoms with van der Waals surface area (Å²) in [5.41, 5.74) is 4.12. The minimum Gasteiger partial charge on any atom is -0.488 e. The second-order valence-electron chi connectivity index (χ2n) is 5.75. The van der Waals surface area contributed by atoms with Crippen molar-refractivity contribution in [3.8, 4) is 5.75 Å². The average Bonchev–Trinajstić information content (AvgIpc) is 2.65. The van der Waals surface area contributed by atoms with E-state index in [1.54, 1.807) is 12.1 Å². The van der Waals surface area contributed by atoms with Crippen LogP contribution in [0.25, 0.3) is 17.0 Å². The number of esters is 1. The van der Waals surface area contributed by atoms with Gasteiger partial charge in [0.05, 0.1) is 12.6 Å². The van der Waals surface area contributed by atoms with Crippen LogP contribution in [0.5, 0.6) is 5.75 Å². The lowest BCUT2D eigenvalue weighted by molar-refractivity contribution is 0.0594. The van der Waals surface area contributed by atoms with Gasteiger partial charge in [0.2, 0.25) is 0 Å². The van der Waals surface area contributed by atoms with Crippen LogP contribution in [0.2, 0.25) is 0 Å². The van der Waals surface area contributed by atoms with Gasteiger partial charge in [-0.05, 0) is 30.2 Å². The summed E-state index contributed by atoms with van der Waals surface area (Å²) in [7, 11) is 1.34. The standard InChI is InChI=1S/C21H19NO3/c1-4-15-6-8-16(9-7-15)13-25-20-12-19(21(23)24-3)22-18-10-5-14(2)11-17(18)20/h4-12H,1,13H2,2-3H3. The highest BCUT2D eigenvalue weighted by atomic mass is 16.5. The molecule has 0 saturated carbocycles. The molecule has 1 aromatic heterocycles. The van der Waals surface area contributed by atoms with E-state index in [4.69, 9.17) is 9.47 Å². The van der Waals surface area contributed by atoms with Gasteiger partial charge in [0, 0.05) is 11.5 Å². The number of benzene rings is 2. The predicted octanol–water partition coefficient (Wildman–Crippen LogP) is 4.55. The Kier molecular flexibility index (Phi) is 4.80. The molecule has 0 spiro atoms. The molecule has 3 rings (SSSR count). The number of methoxy groups -OCH3 is 1. The zero-order valence-electron chi connectivity index (χ0n) is 14.3. The highest BCUT2D eigenvalue weighted by molar-refractivity contribution is 5.94. The van der Waals surface area contributed by atoms with Crippen LogP contribution in [0.1, 0.15) is 27.2 Å². The van der Waals surface area contributed by atoms with E-state index in [2.05, 4.69) is 11.6 Å². The number of aryl methyl sites for hydroxylation is 1. The summed E-state index contributed by atoms with van der Waals surface area (Å²) in [4.78, 5) is 16.2. The third-order valence-electron chi connectivity index (χ3n) is 3.93. The van der Waals surface area contributed by atoms with E-state index >= 15 is 0 Å². The molecule has 2 aromatic carbocycles. The molecular weight excluding hydrogens is 314 g/mol. The normalized spacial score (nSPS) is 10.5. The summed E-state index contributed by atoms with van der Waals surface area (Å²) in [5.74, 6) is 0.129. The van der Waals surface area contributed by atoms with Gasteiger partial charge in [-0.15, -0.1) is 0 Å². The molecule has 4 nitrogen and oxygen atoms in total. The number of carbonyl (C=O) groups excluding carboxylic acids is 1. The van der Waals surface area contributed by atoms with Crippen molar-refractivity contribution in [2.24, 2.45) is 0 Å². The maximum absolute atomic E-state index is 11.9.